The van der Waals surface area contributed by atoms with Gasteiger partial charge >= 0.3 is 0 Å². The number of nitrogens with one attached hydrogen (secondary N) is 1. The fraction of sp³-hybridized carbons (Fsp3) is 0.400. The van der Waals surface area contributed by atoms with Gasteiger partial charge in [0.25, 0.3) is 11.5 Å². The number of aromatic nitrogens is 3. The number of amides is 1. The fourth-order valence-corrected chi connectivity index (χ4v) is 2.97. The number of rotatable bonds is 3. The molecular weight excluding hydrogens is 284 g/mol. The Hall–Kier alpha value is -2.57. The molecule has 1 saturated heterocycles. The third-order valence-electron chi connectivity index (χ3n) is 4.05. The van der Waals surface area contributed by atoms with E-state index in [-0.39, 0.29) is 17.5 Å². The number of hydrogen-bond donors (Lipinski definition) is 1. The fourth-order valence-electron chi connectivity index (χ4n) is 2.97. The van der Waals surface area contributed by atoms with Crippen LogP contribution in [0.2, 0.25) is 0 Å². The zero-order valence-corrected chi connectivity index (χ0v) is 12.6. The van der Waals surface area contributed by atoms with E-state index >= 15 is 0 Å². The van der Waals surface area contributed by atoms with E-state index in [9.17, 15) is 9.59 Å². The van der Waals surface area contributed by atoms with Crippen molar-refractivity contribution in [3.63, 3.8) is 0 Å². The summed E-state index contributed by atoms with van der Waals surface area (Å²) in [6, 6.07) is 3.22. The first-order valence-corrected chi connectivity index (χ1v) is 7.17. The van der Waals surface area contributed by atoms with Gasteiger partial charge in [-0.3, -0.25) is 14.3 Å². The molecule has 3 rings (SSSR count). The van der Waals surface area contributed by atoms with Crippen molar-refractivity contribution in [2.24, 2.45) is 7.05 Å². The Bertz CT molecular complexity index is 749. The Balaban J connectivity index is 1.95. The summed E-state index contributed by atoms with van der Waals surface area (Å²) in [5, 5.41) is 4.18. The molecule has 0 aromatic carbocycles. The topological polar surface area (TPSA) is 80.2 Å². The van der Waals surface area contributed by atoms with Gasteiger partial charge in [0.2, 0.25) is 0 Å². The summed E-state index contributed by atoms with van der Waals surface area (Å²) in [6.07, 6.45) is 4.99. The number of aromatic amines is 1. The minimum atomic E-state index is -0.294. The lowest BCUT2D eigenvalue weighted by Gasteiger charge is -2.25. The second-order valence-electron chi connectivity index (χ2n) is 5.32. The highest BCUT2D eigenvalue weighted by Gasteiger charge is 2.33. The molecule has 1 N–H and O–H groups in total. The van der Waals surface area contributed by atoms with Crippen LogP contribution < -0.4 is 10.3 Å². The zero-order chi connectivity index (χ0) is 15.7. The summed E-state index contributed by atoms with van der Waals surface area (Å²) in [5.41, 5.74) is 1.09. The molecule has 2 aromatic rings. The third-order valence-corrected chi connectivity index (χ3v) is 4.05. The maximum Gasteiger partial charge on any atom is 0.259 e. The minimum absolute atomic E-state index is 0.00312. The van der Waals surface area contributed by atoms with Crippen molar-refractivity contribution in [2.45, 2.75) is 18.9 Å². The molecule has 2 aromatic heterocycles. The molecule has 0 bridgehead atoms. The van der Waals surface area contributed by atoms with Gasteiger partial charge in [0.15, 0.2) is 0 Å². The van der Waals surface area contributed by atoms with Crippen LogP contribution in [0.3, 0.4) is 0 Å². The molecule has 116 valence electrons. The molecule has 1 amide bonds. The molecule has 7 nitrogen and oxygen atoms in total. The maximum absolute atomic E-state index is 12.8. The summed E-state index contributed by atoms with van der Waals surface area (Å²) in [7, 11) is 3.32. The molecule has 0 aliphatic carbocycles. The molecular formula is C15H18N4O3. The average Bonchev–Trinajstić information content (AvgIpc) is 3.14. The summed E-state index contributed by atoms with van der Waals surface area (Å²) in [4.78, 5) is 28.6. The van der Waals surface area contributed by atoms with Gasteiger partial charge in [-0.2, -0.15) is 5.10 Å². The number of aryl methyl sites for hydroxylation is 1. The molecule has 0 saturated carbocycles. The lowest BCUT2D eigenvalue weighted by molar-refractivity contribution is 0.0726. The monoisotopic (exact) mass is 302 g/mol. The highest BCUT2D eigenvalue weighted by atomic mass is 16.5. The maximum atomic E-state index is 12.8. The number of likely N-dealkylation sites (tertiary alicyclic amines) is 1. The Kier molecular flexibility index (Phi) is 3.70. The molecule has 0 radical (unpaired) electrons. The normalized spacial score (nSPS) is 17.7. The van der Waals surface area contributed by atoms with Crippen molar-refractivity contribution >= 4 is 5.91 Å². The number of ether oxygens (including phenoxy) is 1. The van der Waals surface area contributed by atoms with Gasteiger partial charge < -0.3 is 14.6 Å². The molecule has 22 heavy (non-hydrogen) atoms. The van der Waals surface area contributed by atoms with Crippen molar-refractivity contribution in [1.82, 2.24) is 19.7 Å². The van der Waals surface area contributed by atoms with Crippen LogP contribution in [0.5, 0.6) is 5.75 Å². The molecule has 1 atom stereocenters. The highest BCUT2D eigenvalue weighted by Crippen LogP contribution is 2.33. The zero-order valence-electron chi connectivity index (χ0n) is 12.6. The second-order valence-corrected chi connectivity index (χ2v) is 5.32. The first kappa shape index (κ1) is 14.4. The summed E-state index contributed by atoms with van der Waals surface area (Å²) in [6.45, 7) is 0.678. The van der Waals surface area contributed by atoms with Gasteiger partial charge in [0.05, 0.1) is 24.4 Å². The number of carbonyl (C=O) groups excluding carboxylic acids is 1. The number of methoxy groups -OCH3 is 1. The van der Waals surface area contributed by atoms with E-state index in [0.29, 0.717) is 17.9 Å². The van der Waals surface area contributed by atoms with Crippen molar-refractivity contribution < 1.29 is 9.53 Å². The predicted molar refractivity (Wildman–Crippen MR) is 79.8 cm³/mol. The van der Waals surface area contributed by atoms with Crippen LogP contribution in [0.15, 0.2) is 29.3 Å². The highest BCUT2D eigenvalue weighted by molar-refractivity contribution is 5.97. The largest absolute Gasteiger partial charge is 0.496 e. The third kappa shape index (κ3) is 2.38. The van der Waals surface area contributed by atoms with E-state index in [1.165, 1.54) is 19.4 Å². The van der Waals surface area contributed by atoms with Crippen LogP contribution in [0.25, 0.3) is 0 Å². The number of carbonyl (C=O) groups is 1. The van der Waals surface area contributed by atoms with Gasteiger partial charge in [-0.15, -0.1) is 0 Å². The molecule has 0 spiro atoms. The Morgan fingerprint density at radius 3 is 3.00 bits per heavy atom. The molecule has 7 heteroatoms. The van der Waals surface area contributed by atoms with Crippen LogP contribution in [-0.2, 0) is 7.05 Å². The van der Waals surface area contributed by atoms with E-state index < -0.39 is 0 Å². The number of nitrogens with zero attached hydrogens (tertiary/aromatic N) is 3. The first-order chi connectivity index (χ1) is 10.6. The Labute approximate surface area is 127 Å². The predicted octanol–water partition coefficient (Wildman–Crippen LogP) is 1.09. The van der Waals surface area contributed by atoms with E-state index in [0.717, 1.165) is 18.5 Å². The van der Waals surface area contributed by atoms with Gasteiger partial charge in [0, 0.05) is 32.1 Å². The minimum Gasteiger partial charge on any atom is -0.496 e. The van der Waals surface area contributed by atoms with Crippen molar-refractivity contribution in [2.75, 3.05) is 13.7 Å². The van der Waals surface area contributed by atoms with Gasteiger partial charge in [-0.25, -0.2) is 0 Å². The first-order valence-electron chi connectivity index (χ1n) is 7.17. The van der Waals surface area contributed by atoms with Crippen LogP contribution in [0.1, 0.15) is 34.9 Å². The molecule has 1 aliphatic rings. The number of H-pyrrole nitrogens is 1. The Morgan fingerprint density at radius 2 is 2.32 bits per heavy atom. The smallest absolute Gasteiger partial charge is 0.259 e. The average molecular weight is 302 g/mol. The van der Waals surface area contributed by atoms with Crippen LogP contribution >= 0.6 is 0 Å². The van der Waals surface area contributed by atoms with Crippen molar-refractivity contribution in [3.05, 3.63) is 46.1 Å². The number of hydrogen-bond acceptors (Lipinski definition) is 4. The summed E-state index contributed by atoms with van der Waals surface area (Å²) >= 11 is 0. The van der Waals surface area contributed by atoms with Gasteiger partial charge in [-0.1, -0.05) is 0 Å². The summed E-state index contributed by atoms with van der Waals surface area (Å²) in [5.74, 6) is 0.154. The SMILES string of the molecule is COc1cc(=O)[nH]cc1C(=O)N1CCCC1c1ccnn1C. The van der Waals surface area contributed by atoms with Gasteiger partial charge in [0.1, 0.15) is 5.75 Å². The Morgan fingerprint density at radius 1 is 1.50 bits per heavy atom. The lowest BCUT2D eigenvalue weighted by Crippen LogP contribution is -2.32. The van der Waals surface area contributed by atoms with E-state index in [1.54, 1.807) is 10.9 Å². The summed E-state index contributed by atoms with van der Waals surface area (Å²) < 4.78 is 6.96. The van der Waals surface area contributed by atoms with Crippen LogP contribution in [0.4, 0.5) is 0 Å². The standard InChI is InChI=1S/C15H18N4O3/c1-18-11(5-6-17-18)12-4-3-7-19(12)15(21)10-9-16-14(20)8-13(10)22-2/h5-6,8-9,12H,3-4,7H2,1-2H3,(H,16,20). The number of pyridine rings is 1. The molecule has 3 heterocycles. The van der Waals surface area contributed by atoms with Crippen molar-refractivity contribution in [3.8, 4) is 5.75 Å². The molecule has 1 fully saturated rings. The quantitative estimate of drug-likeness (QED) is 0.920. The second kappa shape index (κ2) is 5.67. The van der Waals surface area contributed by atoms with E-state index in [2.05, 4.69) is 10.1 Å². The molecule has 1 unspecified atom stereocenters. The lowest BCUT2D eigenvalue weighted by atomic mass is 10.1. The van der Waals surface area contributed by atoms with Crippen molar-refractivity contribution in [1.29, 1.82) is 0 Å². The van der Waals surface area contributed by atoms with E-state index in [1.807, 2.05) is 18.0 Å². The molecule has 1 aliphatic heterocycles. The van der Waals surface area contributed by atoms with Crippen LogP contribution in [0, 0.1) is 0 Å². The van der Waals surface area contributed by atoms with Crippen LogP contribution in [-0.4, -0.2) is 39.2 Å². The van der Waals surface area contributed by atoms with Gasteiger partial charge in [-0.05, 0) is 18.9 Å². The van der Waals surface area contributed by atoms with E-state index in [4.69, 9.17) is 4.74 Å².